The van der Waals surface area contributed by atoms with Crippen molar-refractivity contribution in [3.63, 3.8) is 0 Å². The van der Waals surface area contributed by atoms with Gasteiger partial charge in [0.2, 0.25) is 0 Å². The van der Waals surface area contributed by atoms with E-state index in [-0.39, 0.29) is 11.8 Å². The lowest BCUT2D eigenvalue weighted by Gasteiger charge is -2.27. The minimum atomic E-state index is -4.60. The predicted octanol–water partition coefficient (Wildman–Crippen LogP) is 6.10. The third-order valence-corrected chi connectivity index (χ3v) is 4.50. The maximum absolute atomic E-state index is 12.7. The smallest absolute Gasteiger partial charge is 0.406 e. The van der Waals surface area contributed by atoms with E-state index in [1.54, 1.807) is 66.5 Å². The van der Waals surface area contributed by atoms with Crippen molar-refractivity contribution in [1.82, 2.24) is 0 Å². The Morgan fingerprint density at radius 3 is 1.74 bits per heavy atom. The molecule has 0 atom stereocenters. The minimum Gasteiger partial charge on any atom is -0.406 e. The number of ether oxygens (including phenoxy) is 1. The molecule has 34 heavy (non-hydrogen) atoms. The third-order valence-electron chi connectivity index (χ3n) is 4.50. The molecular weight excluding hydrogens is 445 g/mol. The predicted molar refractivity (Wildman–Crippen MR) is 122 cm³/mol. The molecule has 0 saturated heterocycles. The third kappa shape index (κ3) is 7.57. The number of halogens is 3. The van der Waals surface area contributed by atoms with Gasteiger partial charge in [-0.25, -0.2) is 4.79 Å². The first-order valence-electron chi connectivity index (χ1n) is 10.0. The number of nitriles is 2. The molecule has 3 aromatic rings. The molecule has 0 N–H and O–H groups in total. The Kier molecular flexibility index (Phi) is 9.04. The fourth-order valence-corrected chi connectivity index (χ4v) is 2.82. The maximum atomic E-state index is 12.7. The van der Waals surface area contributed by atoms with Crippen LogP contribution in [0.2, 0.25) is 0 Å². The fraction of sp³-hybridized carbons (Fsp3) is 0.160. The van der Waals surface area contributed by atoms with Gasteiger partial charge in [-0.15, -0.1) is 13.2 Å². The molecule has 0 unspecified atom stereocenters. The summed E-state index contributed by atoms with van der Waals surface area (Å²) in [6.45, 7) is 2.40. The van der Waals surface area contributed by atoms with Crippen molar-refractivity contribution in [1.29, 1.82) is 10.5 Å². The van der Waals surface area contributed by atoms with Crippen LogP contribution in [0.1, 0.15) is 18.1 Å². The number of urea groups is 1. The zero-order valence-corrected chi connectivity index (χ0v) is 18.5. The van der Waals surface area contributed by atoms with E-state index in [0.717, 1.165) is 5.69 Å². The molecule has 9 heteroatoms. The lowest BCUT2D eigenvalue weighted by Crippen LogP contribution is -2.41. The molecular formula is C25H21F3N4O2. The Morgan fingerprint density at radius 1 is 0.853 bits per heavy atom. The molecule has 0 heterocycles. The van der Waals surface area contributed by atoms with E-state index in [2.05, 4.69) is 16.9 Å². The number of rotatable bonds is 4. The van der Waals surface area contributed by atoms with Gasteiger partial charge >= 0.3 is 12.4 Å². The zero-order chi connectivity index (χ0) is 25.1. The standard InChI is InChI=1S/C18H16N4O.C7H5F3O/c1-3-22(17-10-6-15(13-20)7-11-17)18(23)21(2)16-8-4-14(12-19)5-9-16;8-7(9,10)11-6-4-2-1-3-5-6/h4-11H,3H2,1-2H3;1-5H. The maximum Gasteiger partial charge on any atom is 0.573 e. The van der Waals surface area contributed by atoms with Gasteiger partial charge in [-0.3, -0.25) is 9.80 Å². The monoisotopic (exact) mass is 466 g/mol. The van der Waals surface area contributed by atoms with Gasteiger partial charge in [-0.1, -0.05) is 18.2 Å². The van der Waals surface area contributed by atoms with E-state index >= 15 is 0 Å². The second-order valence-corrected chi connectivity index (χ2v) is 6.76. The van der Waals surface area contributed by atoms with Crippen molar-refractivity contribution in [3.8, 4) is 17.9 Å². The van der Waals surface area contributed by atoms with Crippen LogP contribution in [0, 0.1) is 22.7 Å². The number of hydrogen-bond acceptors (Lipinski definition) is 4. The number of alkyl halides is 3. The molecule has 0 bridgehead atoms. The first-order valence-corrected chi connectivity index (χ1v) is 10.0. The van der Waals surface area contributed by atoms with Crippen LogP contribution < -0.4 is 14.5 Å². The van der Waals surface area contributed by atoms with Gasteiger partial charge in [0.25, 0.3) is 0 Å². The number of amides is 2. The highest BCUT2D eigenvalue weighted by Crippen LogP contribution is 2.22. The number of carbonyl (C=O) groups excluding carboxylic acids is 1. The molecule has 0 aliphatic rings. The van der Waals surface area contributed by atoms with Gasteiger partial charge in [0.1, 0.15) is 5.75 Å². The lowest BCUT2D eigenvalue weighted by molar-refractivity contribution is -0.274. The van der Waals surface area contributed by atoms with Crippen molar-refractivity contribution in [2.75, 3.05) is 23.4 Å². The minimum absolute atomic E-state index is 0.179. The SMILES string of the molecule is CCN(C(=O)N(C)c1ccc(C#N)cc1)c1ccc(C#N)cc1.FC(F)(F)Oc1ccccc1. The van der Waals surface area contributed by atoms with E-state index in [0.29, 0.717) is 23.4 Å². The van der Waals surface area contributed by atoms with Gasteiger partial charge < -0.3 is 4.74 Å². The van der Waals surface area contributed by atoms with E-state index in [9.17, 15) is 18.0 Å². The first-order chi connectivity index (χ1) is 16.2. The van der Waals surface area contributed by atoms with Gasteiger partial charge in [-0.2, -0.15) is 10.5 Å². The Hall–Kier alpha value is -4.50. The molecule has 2 amide bonds. The summed E-state index contributed by atoms with van der Waals surface area (Å²) in [4.78, 5) is 15.9. The topological polar surface area (TPSA) is 80.4 Å². The van der Waals surface area contributed by atoms with Crippen LogP contribution >= 0.6 is 0 Å². The number of hydrogen-bond donors (Lipinski definition) is 0. The number of carbonyl (C=O) groups is 1. The summed E-state index contributed by atoms with van der Waals surface area (Å²) < 4.78 is 38.2. The quantitative estimate of drug-likeness (QED) is 0.465. The number of benzene rings is 3. The van der Waals surface area contributed by atoms with E-state index in [1.807, 2.05) is 6.92 Å². The molecule has 0 saturated carbocycles. The van der Waals surface area contributed by atoms with Crippen LogP contribution in [0.4, 0.5) is 29.3 Å². The lowest BCUT2D eigenvalue weighted by atomic mass is 10.2. The molecule has 3 rings (SSSR count). The highest BCUT2D eigenvalue weighted by molar-refractivity contribution is 6.03. The summed E-state index contributed by atoms with van der Waals surface area (Å²) in [5, 5.41) is 17.7. The van der Waals surface area contributed by atoms with Crippen molar-refractivity contribution >= 4 is 17.4 Å². The summed E-state index contributed by atoms with van der Waals surface area (Å²) in [5.41, 5.74) is 2.55. The average molecular weight is 466 g/mol. The van der Waals surface area contributed by atoms with Crippen molar-refractivity contribution < 1.29 is 22.7 Å². The second-order valence-electron chi connectivity index (χ2n) is 6.76. The van der Waals surface area contributed by atoms with Crippen LogP contribution in [-0.2, 0) is 0 Å². The van der Waals surface area contributed by atoms with Crippen LogP contribution in [0.5, 0.6) is 5.75 Å². The summed E-state index contributed by atoms with van der Waals surface area (Å²) in [7, 11) is 1.69. The number of para-hydroxylation sites is 1. The zero-order valence-electron chi connectivity index (χ0n) is 18.5. The summed E-state index contributed by atoms with van der Waals surface area (Å²) >= 11 is 0. The molecule has 0 spiro atoms. The largest absolute Gasteiger partial charge is 0.573 e. The first kappa shape index (κ1) is 25.8. The molecule has 0 aromatic heterocycles. The Morgan fingerprint density at radius 2 is 1.32 bits per heavy atom. The van der Waals surface area contributed by atoms with Crippen LogP contribution in [-0.4, -0.2) is 26.0 Å². The second kappa shape index (κ2) is 11.9. The summed E-state index contributed by atoms with van der Waals surface area (Å²) in [6, 6.07) is 24.7. The average Bonchev–Trinajstić information content (AvgIpc) is 2.84. The summed E-state index contributed by atoms with van der Waals surface area (Å²) in [6.07, 6.45) is -4.60. The molecule has 0 aliphatic heterocycles. The molecule has 6 nitrogen and oxygen atoms in total. The van der Waals surface area contributed by atoms with Gasteiger partial charge in [0, 0.05) is 25.0 Å². The Labute approximate surface area is 195 Å². The highest BCUT2D eigenvalue weighted by atomic mass is 19.4. The summed E-state index contributed by atoms with van der Waals surface area (Å²) in [5.74, 6) is -0.194. The molecule has 3 aromatic carbocycles. The molecule has 174 valence electrons. The van der Waals surface area contributed by atoms with Crippen LogP contribution in [0.25, 0.3) is 0 Å². The Bertz CT molecular complexity index is 1150. The molecule has 0 aliphatic carbocycles. The molecule has 0 radical (unpaired) electrons. The Balaban J connectivity index is 0.000000310. The van der Waals surface area contributed by atoms with Gasteiger partial charge in [-0.05, 0) is 67.6 Å². The van der Waals surface area contributed by atoms with Crippen molar-refractivity contribution in [3.05, 3.63) is 90.0 Å². The highest BCUT2D eigenvalue weighted by Gasteiger charge is 2.30. The van der Waals surface area contributed by atoms with Crippen LogP contribution in [0.15, 0.2) is 78.9 Å². The van der Waals surface area contributed by atoms with Gasteiger partial charge in [0.05, 0.1) is 23.3 Å². The van der Waals surface area contributed by atoms with Crippen LogP contribution in [0.3, 0.4) is 0 Å². The molecule has 0 fully saturated rings. The van der Waals surface area contributed by atoms with Crippen molar-refractivity contribution in [2.24, 2.45) is 0 Å². The fourth-order valence-electron chi connectivity index (χ4n) is 2.82. The van der Waals surface area contributed by atoms with Crippen molar-refractivity contribution in [2.45, 2.75) is 13.3 Å². The van der Waals surface area contributed by atoms with Gasteiger partial charge in [0.15, 0.2) is 0 Å². The van der Waals surface area contributed by atoms with E-state index in [1.165, 1.54) is 29.2 Å². The number of anilines is 2. The number of nitrogens with zero attached hydrogens (tertiary/aromatic N) is 4. The normalized spacial score (nSPS) is 10.1. The van der Waals surface area contributed by atoms with E-state index < -0.39 is 6.36 Å². The van der Waals surface area contributed by atoms with E-state index in [4.69, 9.17) is 10.5 Å².